The molecule has 17 heavy (non-hydrogen) atoms. The number of thiophene rings is 1. The third kappa shape index (κ3) is 2.54. The smallest absolute Gasteiger partial charge is 0.250 e. The number of rotatable bonds is 3. The van der Waals surface area contributed by atoms with Crippen molar-refractivity contribution in [3.05, 3.63) is 15.9 Å². The van der Waals surface area contributed by atoms with Gasteiger partial charge in [-0.25, -0.2) is 13.1 Å². The molecule has 4 nitrogen and oxygen atoms in total. The lowest BCUT2D eigenvalue weighted by atomic mass is 10.4. The molecular weight excluding hydrogens is 348 g/mol. The number of hydrogen-bond acceptors (Lipinski definition) is 4. The Hall–Kier alpha value is 0.340. The maximum absolute atomic E-state index is 12.0. The molecule has 1 aromatic rings. The Balaban J connectivity index is 0.00000108. The van der Waals surface area contributed by atoms with Crippen molar-refractivity contribution in [1.82, 2.24) is 10.0 Å². The van der Waals surface area contributed by atoms with E-state index in [1.165, 1.54) is 11.3 Å². The zero-order valence-electron chi connectivity index (χ0n) is 8.72. The quantitative estimate of drug-likeness (QED) is 0.858. The van der Waals surface area contributed by atoms with Gasteiger partial charge in [0.15, 0.2) is 0 Å². The molecule has 2 aliphatic rings. The van der Waals surface area contributed by atoms with Crippen LogP contribution in [0.3, 0.4) is 0 Å². The summed E-state index contributed by atoms with van der Waals surface area (Å²) in [5.74, 6) is 0.997. The van der Waals surface area contributed by atoms with Crippen LogP contribution in [0.2, 0.25) is 0 Å². The summed E-state index contributed by atoms with van der Waals surface area (Å²) in [6, 6.07) is 3.54. The van der Waals surface area contributed by atoms with Crippen molar-refractivity contribution in [2.45, 2.75) is 10.3 Å². The summed E-state index contributed by atoms with van der Waals surface area (Å²) in [4.78, 5) is 0. The zero-order valence-corrected chi connectivity index (χ0v) is 12.8. The van der Waals surface area contributed by atoms with Crippen LogP contribution in [0.4, 0.5) is 0 Å². The van der Waals surface area contributed by atoms with Crippen molar-refractivity contribution in [3.63, 3.8) is 0 Å². The number of fused-ring (bicyclic) bond motifs is 1. The van der Waals surface area contributed by atoms with Gasteiger partial charge >= 0.3 is 0 Å². The second-order valence-electron chi connectivity index (χ2n) is 4.19. The molecule has 1 saturated heterocycles. The highest BCUT2D eigenvalue weighted by molar-refractivity contribution is 9.11. The van der Waals surface area contributed by atoms with Gasteiger partial charge in [0.25, 0.3) is 0 Å². The Labute approximate surface area is 119 Å². The second-order valence-corrected chi connectivity index (χ2v) is 8.60. The van der Waals surface area contributed by atoms with Gasteiger partial charge in [-0.2, -0.15) is 0 Å². The standard InChI is InChI=1S/C9H11BrN2O2S2.ClH/c10-7-1-2-8(15-7)16(13,14)12-9-5-3-11-4-6(5)9;/h1-2,5-6,9,11-12H,3-4H2;1H. The Morgan fingerprint density at radius 3 is 2.53 bits per heavy atom. The lowest BCUT2D eigenvalue weighted by Gasteiger charge is -2.06. The van der Waals surface area contributed by atoms with Crippen LogP contribution in [0.5, 0.6) is 0 Å². The first-order chi connectivity index (χ1) is 7.58. The summed E-state index contributed by atoms with van der Waals surface area (Å²) in [6.07, 6.45) is 0. The average molecular weight is 360 g/mol. The molecule has 0 spiro atoms. The molecule has 0 bridgehead atoms. The summed E-state index contributed by atoms with van der Waals surface area (Å²) in [6.45, 7) is 1.87. The number of hydrogen-bond donors (Lipinski definition) is 2. The predicted molar refractivity (Wildman–Crippen MR) is 73.2 cm³/mol. The van der Waals surface area contributed by atoms with Crippen molar-refractivity contribution in [3.8, 4) is 0 Å². The van der Waals surface area contributed by atoms with E-state index in [-0.39, 0.29) is 18.4 Å². The van der Waals surface area contributed by atoms with Crippen LogP contribution < -0.4 is 10.0 Å². The van der Waals surface area contributed by atoms with Crippen LogP contribution in [0, 0.1) is 11.8 Å². The average Bonchev–Trinajstić information content (AvgIpc) is 2.68. The molecule has 1 aromatic heterocycles. The fourth-order valence-electron chi connectivity index (χ4n) is 2.27. The van der Waals surface area contributed by atoms with Crippen LogP contribution in [0.15, 0.2) is 20.1 Å². The predicted octanol–water partition coefficient (Wildman–Crippen LogP) is 1.43. The summed E-state index contributed by atoms with van der Waals surface area (Å²) in [7, 11) is -3.31. The van der Waals surface area contributed by atoms with Crippen molar-refractivity contribution in [2.75, 3.05) is 13.1 Å². The highest BCUT2D eigenvalue weighted by atomic mass is 79.9. The monoisotopic (exact) mass is 358 g/mol. The Kier molecular flexibility index (Phi) is 3.88. The van der Waals surface area contributed by atoms with E-state index < -0.39 is 10.0 Å². The first-order valence-corrected chi connectivity index (χ1v) is 8.15. The lowest BCUT2D eigenvalue weighted by Crippen LogP contribution is -2.32. The van der Waals surface area contributed by atoms with E-state index in [9.17, 15) is 8.42 Å². The van der Waals surface area contributed by atoms with Gasteiger partial charge in [0.05, 0.1) is 3.79 Å². The molecule has 0 aromatic carbocycles. The second kappa shape index (κ2) is 4.79. The minimum absolute atomic E-state index is 0. The summed E-state index contributed by atoms with van der Waals surface area (Å²) < 4.78 is 28.0. The first kappa shape index (κ1) is 13.8. The molecule has 2 N–H and O–H groups in total. The molecule has 96 valence electrons. The molecule has 3 rings (SSSR count). The van der Waals surface area contributed by atoms with Gasteiger partial charge in [0.1, 0.15) is 4.21 Å². The molecule has 8 heteroatoms. The third-order valence-electron chi connectivity index (χ3n) is 3.20. The van der Waals surface area contributed by atoms with E-state index in [1.54, 1.807) is 12.1 Å². The van der Waals surface area contributed by atoms with Gasteiger partial charge in [0.2, 0.25) is 10.0 Å². The van der Waals surface area contributed by atoms with Crippen LogP contribution >= 0.6 is 39.7 Å². The molecule has 2 heterocycles. The summed E-state index contributed by atoms with van der Waals surface area (Å²) in [5, 5.41) is 3.24. The summed E-state index contributed by atoms with van der Waals surface area (Å²) >= 11 is 4.51. The van der Waals surface area contributed by atoms with Crippen LogP contribution in [0.25, 0.3) is 0 Å². The van der Waals surface area contributed by atoms with Crippen LogP contribution in [0.1, 0.15) is 0 Å². The maximum Gasteiger partial charge on any atom is 0.250 e. The van der Waals surface area contributed by atoms with Crippen LogP contribution in [-0.4, -0.2) is 27.5 Å². The maximum atomic E-state index is 12.0. The van der Waals surface area contributed by atoms with Gasteiger partial charge in [-0.15, -0.1) is 23.7 Å². The highest BCUT2D eigenvalue weighted by Crippen LogP contribution is 2.42. The third-order valence-corrected chi connectivity index (χ3v) is 6.77. The molecule has 1 saturated carbocycles. The van der Waals surface area contributed by atoms with Crippen molar-refractivity contribution >= 4 is 49.7 Å². The molecule has 1 aliphatic carbocycles. The number of sulfonamides is 1. The molecular formula is C9H12BrClN2O2S2. The van der Waals surface area contributed by atoms with E-state index in [4.69, 9.17) is 0 Å². The lowest BCUT2D eigenvalue weighted by molar-refractivity contribution is 0.567. The first-order valence-electron chi connectivity index (χ1n) is 5.06. The van der Waals surface area contributed by atoms with E-state index in [1.807, 2.05) is 0 Å². The normalized spacial score (nSPS) is 30.8. The van der Waals surface area contributed by atoms with Gasteiger partial charge in [-0.3, -0.25) is 0 Å². The molecule has 2 unspecified atom stereocenters. The van der Waals surface area contributed by atoms with E-state index in [0.717, 1.165) is 16.9 Å². The molecule has 0 amide bonds. The number of nitrogens with one attached hydrogen (secondary N) is 2. The topological polar surface area (TPSA) is 58.2 Å². The van der Waals surface area contributed by atoms with Gasteiger partial charge in [-0.1, -0.05) is 0 Å². The number of piperidine rings is 1. The minimum atomic E-state index is -3.31. The molecule has 2 atom stereocenters. The highest BCUT2D eigenvalue weighted by Gasteiger charge is 2.54. The minimum Gasteiger partial charge on any atom is -0.316 e. The Morgan fingerprint density at radius 2 is 2.00 bits per heavy atom. The van der Waals surface area contributed by atoms with Gasteiger partial charge < -0.3 is 5.32 Å². The summed E-state index contributed by atoms with van der Waals surface area (Å²) in [5.41, 5.74) is 0. The Bertz CT molecular complexity index is 509. The van der Waals surface area contributed by atoms with Crippen molar-refractivity contribution < 1.29 is 8.42 Å². The van der Waals surface area contributed by atoms with Gasteiger partial charge in [-0.05, 0) is 53.0 Å². The Morgan fingerprint density at radius 1 is 1.35 bits per heavy atom. The largest absolute Gasteiger partial charge is 0.316 e. The van der Waals surface area contributed by atoms with E-state index in [2.05, 4.69) is 26.0 Å². The molecule has 2 fully saturated rings. The SMILES string of the molecule is Cl.O=S(=O)(NC1C2CNCC21)c1ccc(Br)s1. The fourth-order valence-corrected chi connectivity index (χ4v) is 5.64. The van der Waals surface area contributed by atoms with E-state index in [0.29, 0.717) is 16.0 Å². The van der Waals surface area contributed by atoms with E-state index >= 15 is 0 Å². The van der Waals surface area contributed by atoms with Gasteiger partial charge in [0, 0.05) is 6.04 Å². The molecule has 0 radical (unpaired) electrons. The fraction of sp³-hybridized carbons (Fsp3) is 0.556. The van der Waals surface area contributed by atoms with Crippen molar-refractivity contribution in [1.29, 1.82) is 0 Å². The zero-order chi connectivity index (χ0) is 11.3. The van der Waals surface area contributed by atoms with Crippen molar-refractivity contribution in [2.24, 2.45) is 11.8 Å². The molecule has 1 aliphatic heterocycles. The number of halogens is 2. The van der Waals surface area contributed by atoms with Crippen LogP contribution in [-0.2, 0) is 10.0 Å².